The summed E-state index contributed by atoms with van der Waals surface area (Å²) < 4.78 is 10.3. The number of thiazole rings is 1. The molecule has 0 aliphatic carbocycles. The lowest BCUT2D eigenvalue weighted by Crippen LogP contribution is -2.17. The molecular formula is C14H26N2O2S. The minimum atomic E-state index is 0.151. The van der Waals surface area contributed by atoms with Crippen LogP contribution in [0.2, 0.25) is 0 Å². The maximum absolute atomic E-state index is 5.40. The highest BCUT2D eigenvalue weighted by molar-refractivity contribution is 7.09. The van der Waals surface area contributed by atoms with Crippen molar-refractivity contribution in [1.29, 1.82) is 0 Å². The van der Waals surface area contributed by atoms with Gasteiger partial charge in [-0.2, -0.15) is 0 Å². The number of rotatable bonds is 9. The average Bonchev–Trinajstić information content (AvgIpc) is 2.81. The molecule has 0 amide bonds. The zero-order chi connectivity index (χ0) is 14.1. The molecule has 0 radical (unpaired) electrons. The highest BCUT2D eigenvalue weighted by Gasteiger charge is 2.17. The molecule has 1 aromatic heterocycles. The summed E-state index contributed by atoms with van der Waals surface area (Å²) in [6.07, 6.45) is 1.01. The third-order valence-electron chi connectivity index (χ3n) is 2.57. The summed E-state index contributed by atoms with van der Waals surface area (Å²) in [7, 11) is 1.69. The topological polar surface area (TPSA) is 43.4 Å². The Labute approximate surface area is 120 Å². The molecule has 0 saturated heterocycles. The van der Waals surface area contributed by atoms with Gasteiger partial charge in [-0.3, -0.25) is 0 Å². The van der Waals surface area contributed by atoms with E-state index >= 15 is 0 Å². The Kier molecular flexibility index (Phi) is 7.53. The van der Waals surface area contributed by atoms with Gasteiger partial charge in [0, 0.05) is 31.1 Å². The third kappa shape index (κ3) is 7.01. The van der Waals surface area contributed by atoms with Crippen molar-refractivity contribution in [2.45, 2.75) is 39.2 Å². The summed E-state index contributed by atoms with van der Waals surface area (Å²) in [5, 5.41) is 6.73. The molecule has 5 heteroatoms. The van der Waals surface area contributed by atoms with Crippen LogP contribution >= 0.6 is 11.3 Å². The minimum absolute atomic E-state index is 0.151. The summed E-state index contributed by atoms with van der Waals surface area (Å²) in [4.78, 5) is 4.65. The van der Waals surface area contributed by atoms with E-state index in [2.05, 4.69) is 36.5 Å². The lowest BCUT2D eigenvalue weighted by atomic mass is 9.98. The molecule has 0 aliphatic heterocycles. The average molecular weight is 286 g/mol. The van der Waals surface area contributed by atoms with E-state index in [1.807, 2.05) is 0 Å². The molecule has 1 N–H and O–H groups in total. The quantitative estimate of drug-likeness (QED) is 0.709. The van der Waals surface area contributed by atoms with Crippen LogP contribution in [0.15, 0.2) is 5.38 Å². The van der Waals surface area contributed by atoms with E-state index in [0.29, 0.717) is 13.2 Å². The molecule has 0 aliphatic rings. The van der Waals surface area contributed by atoms with E-state index in [1.54, 1.807) is 18.4 Å². The molecule has 0 aromatic carbocycles. The van der Waals surface area contributed by atoms with E-state index in [1.165, 1.54) is 5.01 Å². The first-order valence-electron chi connectivity index (χ1n) is 6.76. The highest BCUT2D eigenvalue weighted by Crippen LogP contribution is 2.25. The monoisotopic (exact) mass is 286 g/mol. The van der Waals surface area contributed by atoms with Crippen LogP contribution in [0.3, 0.4) is 0 Å². The van der Waals surface area contributed by atoms with E-state index in [9.17, 15) is 0 Å². The van der Waals surface area contributed by atoms with Gasteiger partial charge < -0.3 is 14.8 Å². The smallest absolute Gasteiger partial charge is 0.0982 e. The van der Waals surface area contributed by atoms with Gasteiger partial charge in [0.05, 0.1) is 23.9 Å². The fraction of sp³-hybridized carbons (Fsp3) is 0.786. The summed E-state index contributed by atoms with van der Waals surface area (Å²) in [6, 6.07) is 0. The largest absolute Gasteiger partial charge is 0.382 e. The minimum Gasteiger partial charge on any atom is -0.382 e. The molecule has 0 fully saturated rings. The van der Waals surface area contributed by atoms with E-state index in [-0.39, 0.29) is 5.41 Å². The van der Waals surface area contributed by atoms with Gasteiger partial charge >= 0.3 is 0 Å². The van der Waals surface area contributed by atoms with Crippen molar-refractivity contribution < 1.29 is 9.47 Å². The van der Waals surface area contributed by atoms with Crippen LogP contribution in [0, 0.1) is 0 Å². The molecule has 4 nitrogen and oxygen atoms in total. The highest BCUT2D eigenvalue weighted by atomic mass is 32.1. The lowest BCUT2D eigenvalue weighted by molar-refractivity contribution is 0.0694. The maximum atomic E-state index is 5.40. The van der Waals surface area contributed by atoms with Crippen molar-refractivity contribution in [3.63, 3.8) is 0 Å². The molecule has 110 valence electrons. The van der Waals surface area contributed by atoms with Crippen LogP contribution < -0.4 is 5.32 Å². The molecular weight excluding hydrogens is 260 g/mol. The second kappa shape index (κ2) is 8.64. The van der Waals surface area contributed by atoms with Crippen molar-refractivity contribution >= 4 is 11.3 Å². The second-order valence-corrected chi connectivity index (χ2v) is 6.39. The Morgan fingerprint density at radius 2 is 2.05 bits per heavy atom. The maximum Gasteiger partial charge on any atom is 0.0982 e. The van der Waals surface area contributed by atoms with Gasteiger partial charge in [-0.15, -0.1) is 11.3 Å². The first-order chi connectivity index (χ1) is 9.04. The molecule has 0 saturated carbocycles. The van der Waals surface area contributed by atoms with Crippen molar-refractivity contribution in [2.75, 3.05) is 33.5 Å². The van der Waals surface area contributed by atoms with Gasteiger partial charge in [0.1, 0.15) is 0 Å². The number of nitrogens with zero attached hydrogens (tertiary/aromatic N) is 1. The predicted octanol–water partition coefficient (Wildman–Crippen LogP) is 2.58. The normalized spacial score (nSPS) is 12.0. The molecule has 19 heavy (non-hydrogen) atoms. The van der Waals surface area contributed by atoms with Gasteiger partial charge in [-0.1, -0.05) is 20.8 Å². The molecule has 0 unspecified atom stereocenters. The Morgan fingerprint density at radius 1 is 1.26 bits per heavy atom. The summed E-state index contributed by atoms with van der Waals surface area (Å²) in [5.74, 6) is 0. The Balaban J connectivity index is 2.08. The van der Waals surface area contributed by atoms with Gasteiger partial charge in [-0.25, -0.2) is 4.98 Å². The lowest BCUT2D eigenvalue weighted by Gasteiger charge is -2.13. The zero-order valence-electron chi connectivity index (χ0n) is 12.5. The van der Waals surface area contributed by atoms with Gasteiger partial charge in [0.2, 0.25) is 0 Å². The second-order valence-electron chi connectivity index (χ2n) is 5.53. The van der Waals surface area contributed by atoms with Gasteiger partial charge in [0.25, 0.3) is 0 Å². The van der Waals surface area contributed by atoms with Crippen molar-refractivity contribution in [1.82, 2.24) is 10.3 Å². The zero-order valence-corrected chi connectivity index (χ0v) is 13.3. The van der Waals surface area contributed by atoms with E-state index in [4.69, 9.17) is 9.47 Å². The van der Waals surface area contributed by atoms with Gasteiger partial charge in [0.15, 0.2) is 0 Å². The summed E-state index contributed by atoms with van der Waals surface area (Å²) in [6.45, 7) is 10.5. The number of nitrogens with one attached hydrogen (secondary N) is 1. The third-order valence-corrected chi connectivity index (χ3v) is 3.89. The number of hydrogen-bond acceptors (Lipinski definition) is 5. The van der Waals surface area contributed by atoms with E-state index in [0.717, 1.165) is 31.8 Å². The fourth-order valence-corrected chi connectivity index (χ4v) is 2.40. The number of aromatic nitrogens is 1. The Hall–Kier alpha value is -0.490. The van der Waals surface area contributed by atoms with Crippen molar-refractivity contribution in [3.05, 3.63) is 16.1 Å². The molecule has 1 aromatic rings. The molecule has 0 bridgehead atoms. The van der Waals surface area contributed by atoms with Gasteiger partial charge in [-0.05, 0) is 13.0 Å². The molecule has 0 atom stereocenters. The Morgan fingerprint density at radius 3 is 2.68 bits per heavy atom. The summed E-state index contributed by atoms with van der Waals surface area (Å²) >= 11 is 1.74. The van der Waals surface area contributed by atoms with Crippen molar-refractivity contribution in [2.24, 2.45) is 0 Å². The number of methoxy groups -OCH3 is 1. The predicted molar refractivity (Wildman–Crippen MR) is 79.8 cm³/mol. The molecule has 1 rings (SSSR count). The number of hydrogen-bond donors (Lipinski definition) is 1. The van der Waals surface area contributed by atoms with Crippen LogP contribution in [-0.2, 0) is 21.4 Å². The SMILES string of the molecule is COCCOCCCNCc1csc(C(C)(C)C)n1. The first-order valence-corrected chi connectivity index (χ1v) is 7.64. The van der Waals surface area contributed by atoms with E-state index < -0.39 is 0 Å². The van der Waals surface area contributed by atoms with Crippen LogP contribution in [-0.4, -0.2) is 38.5 Å². The fourth-order valence-electron chi connectivity index (χ4n) is 1.49. The van der Waals surface area contributed by atoms with Crippen LogP contribution in [0.1, 0.15) is 37.9 Å². The first kappa shape index (κ1) is 16.6. The standard InChI is InChI=1S/C14H26N2O2S/c1-14(2,3)13-16-12(11-19-13)10-15-6-5-7-18-9-8-17-4/h11,15H,5-10H2,1-4H3. The molecule has 1 heterocycles. The summed E-state index contributed by atoms with van der Waals surface area (Å²) in [5.41, 5.74) is 1.29. The van der Waals surface area contributed by atoms with Crippen LogP contribution in [0.4, 0.5) is 0 Å². The van der Waals surface area contributed by atoms with Crippen LogP contribution in [0.5, 0.6) is 0 Å². The van der Waals surface area contributed by atoms with Crippen molar-refractivity contribution in [3.8, 4) is 0 Å². The molecule has 0 spiro atoms. The number of ether oxygens (including phenoxy) is 2. The Bertz CT molecular complexity index is 347. The van der Waals surface area contributed by atoms with Crippen LogP contribution in [0.25, 0.3) is 0 Å².